The lowest BCUT2D eigenvalue weighted by molar-refractivity contribution is -0.384. The highest BCUT2D eigenvalue weighted by Crippen LogP contribution is 2.33. The van der Waals surface area contributed by atoms with Crippen LogP contribution in [0.15, 0.2) is 101 Å². The Morgan fingerprint density at radius 3 is 1.63 bits per heavy atom. The van der Waals surface area contributed by atoms with E-state index in [1.54, 1.807) is 12.1 Å². The van der Waals surface area contributed by atoms with Crippen LogP contribution < -0.4 is 0 Å². The second kappa shape index (κ2) is 7.22. The highest BCUT2D eigenvalue weighted by Gasteiger charge is 2.21. The summed E-state index contributed by atoms with van der Waals surface area (Å²) in [7, 11) is 0. The number of hydrogen-bond donors (Lipinski definition) is 0. The summed E-state index contributed by atoms with van der Waals surface area (Å²) >= 11 is 0. The number of rotatable bonds is 4. The maximum Gasteiger partial charge on any atom is 0.361 e. The van der Waals surface area contributed by atoms with E-state index in [0.29, 0.717) is 11.5 Å². The molecule has 1 heterocycles. The molecule has 0 aliphatic carbocycles. The van der Waals surface area contributed by atoms with Crippen LogP contribution in [0.25, 0.3) is 33.8 Å². The Bertz CT molecular complexity index is 1040. The van der Waals surface area contributed by atoms with E-state index in [1.807, 2.05) is 78.9 Å². The SMILES string of the molecule is O=[N+]([O-])c1cccc(-c2cc(-c3ccccc3)[o+]c(-c3ccccc3)c2)c1. The Kier molecular flexibility index (Phi) is 4.45. The van der Waals surface area contributed by atoms with Gasteiger partial charge in [-0.25, -0.2) is 4.42 Å². The van der Waals surface area contributed by atoms with Gasteiger partial charge >= 0.3 is 11.5 Å². The number of benzene rings is 3. The second-order valence-corrected chi connectivity index (χ2v) is 6.11. The van der Waals surface area contributed by atoms with Crippen molar-refractivity contribution in [1.29, 1.82) is 0 Å². The van der Waals surface area contributed by atoms with Crippen molar-refractivity contribution in [3.63, 3.8) is 0 Å². The van der Waals surface area contributed by atoms with E-state index >= 15 is 0 Å². The average Bonchev–Trinajstić information content (AvgIpc) is 2.75. The lowest BCUT2D eigenvalue weighted by Crippen LogP contribution is -1.89. The number of hydrogen-bond acceptors (Lipinski definition) is 2. The van der Waals surface area contributed by atoms with Crippen molar-refractivity contribution in [3.8, 4) is 33.8 Å². The fraction of sp³-hybridized carbons (Fsp3) is 0. The molecule has 27 heavy (non-hydrogen) atoms. The van der Waals surface area contributed by atoms with Gasteiger partial charge in [0.25, 0.3) is 5.69 Å². The third-order valence-electron chi connectivity index (χ3n) is 4.30. The molecule has 0 bridgehead atoms. The smallest absolute Gasteiger partial charge is 0.258 e. The van der Waals surface area contributed by atoms with Crippen molar-refractivity contribution < 1.29 is 9.34 Å². The normalized spacial score (nSPS) is 10.5. The van der Waals surface area contributed by atoms with E-state index in [0.717, 1.165) is 22.3 Å². The average molecular weight is 354 g/mol. The van der Waals surface area contributed by atoms with Gasteiger partial charge in [-0.2, -0.15) is 0 Å². The Labute approximate surface area is 156 Å². The van der Waals surface area contributed by atoms with Gasteiger partial charge in [-0.15, -0.1) is 0 Å². The maximum absolute atomic E-state index is 11.1. The molecule has 0 saturated heterocycles. The zero-order valence-electron chi connectivity index (χ0n) is 14.4. The maximum atomic E-state index is 11.1. The topological polar surface area (TPSA) is 54.4 Å². The first-order chi connectivity index (χ1) is 13.2. The molecule has 0 fully saturated rings. The molecule has 0 aliphatic rings. The van der Waals surface area contributed by atoms with E-state index in [1.165, 1.54) is 6.07 Å². The van der Waals surface area contributed by atoms with Gasteiger partial charge in [-0.1, -0.05) is 48.5 Å². The van der Waals surface area contributed by atoms with Gasteiger partial charge in [0.1, 0.15) is 0 Å². The van der Waals surface area contributed by atoms with Crippen LogP contribution >= 0.6 is 0 Å². The Hall–Kier alpha value is -3.79. The molecule has 0 aliphatic heterocycles. The molecular formula is C23H16NO3+. The summed E-state index contributed by atoms with van der Waals surface area (Å²) < 4.78 is 6.16. The molecule has 3 aromatic carbocycles. The lowest BCUT2D eigenvalue weighted by Gasteiger charge is -2.02. The second-order valence-electron chi connectivity index (χ2n) is 6.11. The zero-order valence-corrected chi connectivity index (χ0v) is 14.4. The van der Waals surface area contributed by atoms with Crippen molar-refractivity contribution in [1.82, 2.24) is 0 Å². The van der Waals surface area contributed by atoms with E-state index in [2.05, 4.69) is 0 Å². The summed E-state index contributed by atoms with van der Waals surface area (Å²) in [5, 5.41) is 11.1. The summed E-state index contributed by atoms with van der Waals surface area (Å²) in [4.78, 5) is 10.8. The summed E-state index contributed by atoms with van der Waals surface area (Å²) in [5.74, 6) is 1.41. The largest absolute Gasteiger partial charge is 0.361 e. The number of nitrogens with zero attached hydrogens (tertiary/aromatic N) is 1. The quantitative estimate of drug-likeness (QED) is 0.240. The van der Waals surface area contributed by atoms with E-state index < -0.39 is 0 Å². The number of nitro groups is 1. The van der Waals surface area contributed by atoms with Crippen LogP contribution in [0.2, 0.25) is 0 Å². The summed E-state index contributed by atoms with van der Waals surface area (Å²) in [5.41, 5.74) is 3.59. The molecule has 130 valence electrons. The highest BCUT2D eigenvalue weighted by molar-refractivity contribution is 5.75. The molecular weight excluding hydrogens is 338 g/mol. The zero-order chi connectivity index (χ0) is 18.6. The van der Waals surface area contributed by atoms with Crippen LogP contribution in [-0.4, -0.2) is 4.92 Å². The molecule has 4 heteroatoms. The Morgan fingerprint density at radius 2 is 1.11 bits per heavy atom. The molecule has 4 aromatic rings. The Balaban J connectivity index is 1.91. The molecule has 0 N–H and O–H groups in total. The standard InChI is InChI=1S/C23H16NO3/c25-24(26)21-13-7-12-19(14-21)20-15-22(17-8-3-1-4-9-17)27-23(16-20)18-10-5-2-6-11-18/h1-16H/q+1. The summed E-state index contributed by atoms with van der Waals surface area (Å²) in [6.07, 6.45) is 0. The minimum atomic E-state index is -0.382. The van der Waals surface area contributed by atoms with E-state index in [4.69, 9.17) is 4.42 Å². The molecule has 1 aromatic heterocycles. The molecule has 0 unspecified atom stereocenters. The first-order valence-corrected chi connectivity index (χ1v) is 8.54. The fourth-order valence-corrected chi connectivity index (χ4v) is 2.96. The number of nitro benzene ring substituents is 1. The molecule has 0 amide bonds. The van der Waals surface area contributed by atoms with Crippen molar-refractivity contribution in [2.45, 2.75) is 0 Å². The van der Waals surface area contributed by atoms with Gasteiger partial charge in [0, 0.05) is 17.7 Å². The fourth-order valence-electron chi connectivity index (χ4n) is 2.96. The monoisotopic (exact) mass is 354 g/mol. The molecule has 0 spiro atoms. The van der Waals surface area contributed by atoms with Crippen LogP contribution in [0.1, 0.15) is 0 Å². The van der Waals surface area contributed by atoms with Crippen LogP contribution in [0.4, 0.5) is 5.69 Å². The number of non-ortho nitro benzene ring substituents is 1. The van der Waals surface area contributed by atoms with E-state index in [9.17, 15) is 10.1 Å². The van der Waals surface area contributed by atoms with Crippen LogP contribution in [0, 0.1) is 10.1 Å². The molecule has 0 atom stereocenters. The lowest BCUT2D eigenvalue weighted by atomic mass is 10.0. The third-order valence-corrected chi connectivity index (χ3v) is 4.30. The van der Waals surface area contributed by atoms with Gasteiger partial charge in [-0.3, -0.25) is 10.1 Å². The predicted octanol–water partition coefficient (Wildman–Crippen LogP) is 6.47. The van der Waals surface area contributed by atoms with Crippen LogP contribution in [0.3, 0.4) is 0 Å². The van der Waals surface area contributed by atoms with Gasteiger partial charge in [-0.05, 0) is 29.8 Å². The Morgan fingerprint density at radius 1 is 0.593 bits per heavy atom. The minimum Gasteiger partial charge on any atom is -0.258 e. The minimum absolute atomic E-state index is 0.0656. The van der Waals surface area contributed by atoms with Gasteiger partial charge in [0.05, 0.1) is 28.2 Å². The van der Waals surface area contributed by atoms with Crippen molar-refractivity contribution >= 4 is 5.69 Å². The van der Waals surface area contributed by atoms with Gasteiger partial charge in [0.2, 0.25) is 0 Å². The predicted molar refractivity (Wildman–Crippen MR) is 106 cm³/mol. The third kappa shape index (κ3) is 3.60. The summed E-state index contributed by atoms with van der Waals surface area (Å²) in [6, 6.07) is 30.1. The van der Waals surface area contributed by atoms with Gasteiger partial charge < -0.3 is 0 Å². The molecule has 4 rings (SSSR count). The molecule has 0 radical (unpaired) electrons. The van der Waals surface area contributed by atoms with Crippen molar-refractivity contribution in [2.24, 2.45) is 0 Å². The molecule has 4 nitrogen and oxygen atoms in total. The first kappa shape index (κ1) is 16.7. The van der Waals surface area contributed by atoms with Crippen LogP contribution in [-0.2, 0) is 0 Å². The van der Waals surface area contributed by atoms with Crippen molar-refractivity contribution in [2.75, 3.05) is 0 Å². The first-order valence-electron chi connectivity index (χ1n) is 8.54. The molecule has 0 saturated carbocycles. The van der Waals surface area contributed by atoms with E-state index in [-0.39, 0.29) is 10.6 Å². The van der Waals surface area contributed by atoms with Crippen molar-refractivity contribution in [3.05, 3.63) is 107 Å². The van der Waals surface area contributed by atoms with Crippen LogP contribution in [0.5, 0.6) is 0 Å². The highest BCUT2D eigenvalue weighted by atomic mass is 16.6. The summed E-state index contributed by atoms with van der Waals surface area (Å²) in [6.45, 7) is 0. The van der Waals surface area contributed by atoms with Gasteiger partial charge in [0.15, 0.2) is 0 Å².